The third-order valence-electron chi connectivity index (χ3n) is 1.89. The fraction of sp³-hybridized carbons (Fsp3) is 0.125. The van der Waals surface area contributed by atoms with Gasteiger partial charge in [0.15, 0.2) is 11.5 Å². The first-order valence-electron chi connectivity index (χ1n) is 4.18. The molecule has 2 rings (SSSR count). The second kappa shape index (κ2) is 3.56. The number of pyridine rings is 1. The minimum Gasteiger partial charge on any atom is -0.307 e. The molecule has 0 bridgehead atoms. The zero-order valence-corrected chi connectivity index (χ0v) is 7.78. The van der Waals surface area contributed by atoms with Gasteiger partial charge in [-0.2, -0.15) is 13.2 Å². The number of hydrogen-bond acceptors (Lipinski definition) is 5. The van der Waals surface area contributed by atoms with E-state index in [4.69, 9.17) is 5.84 Å². The third-order valence-corrected chi connectivity index (χ3v) is 1.89. The summed E-state index contributed by atoms with van der Waals surface area (Å²) in [5.74, 6) is 5.32. The van der Waals surface area contributed by atoms with Crippen LogP contribution in [0.15, 0.2) is 18.5 Å². The molecule has 0 unspecified atom stereocenters. The molecule has 0 radical (unpaired) electrons. The van der Waals surface area contributed by atoms with Crippen molar-refractivity contribution >= 4 is 16.9 Å². The van der Waals surface area contributed by atoms with E-state index in [0.717, 1.165) is 0 Å². The largest absolute Gasteiger partial charge is 0.434 e. The molecule has 0 aromatic carbocycles. The lowest BCUT2D eigenvalue weighted by atomic mass is 10.3. The summed E-state index contributed by atoms with van der Waals surface area (Å²) < 4.78 is 37.0. The quantitative estimate of drug-likeness (QED) is 0.569. The number of hydrogen-bond donors (Lipinski definition) is 2. The van der Waals surface area contributed by atoms with Gasteiger partial charge in [-0.05, 0) is 6.07 Å². The maximum Gasteiger partial charge on any atom is 0.434 e. The van der Waals surface area contributed by atoms with Crippen molar-refractivity contribution < 1.29 is 13.2 Å². The summed E-state index contributed by atoms with van der Waals surface area (Å²) in [5, 5.41) is 0. The summed E-state index contributed by atoms with van der Waals surface area (Å²) in [5.41, 5.74) is 1.46. The molecule has 84 valence electrons. The molecule has 0 spiro atoms. The van der Waals surface area contributed by atoms with Crippen molar-refractivity contribution in [3.05, 3.63) is 24.2 Å². The Labute approximate surface area is 87.5 Å². The number of hydrazine groups is 1. The first-order valence-corrected chi connectivity index (χ1v) is 4.18. The highest BCUT2D eigenvalue weighted by Gasteiger charge is 2.33. The number of anilines is 1. The van der Waals surface area contributed by atoms with Crippen LogP contribution in [0.1, 0.15) is 5.69 Å². The Bertz CT molecular complexity index is 525. The number of nitrogens with zero attached hydrogens (tertiary/aromatic N) is 3. The zero-order chi connectivity index (χ0) is 11.8. The Kier molecular flexibility index (Phi) is 2.35. The summed E-state index contributed by atoms with van der Waals surface area (Å²) >= 11 is 0. The number of nitrogens with one attached hydrogen (secondary N) is 1. The van der Waals surface area contributed by atoms with E-state index in [1.807, 2.05) is 0 Å². The first kappa shape index (κ1) is 10.6. The minimum absolute atomic E-state index is 0.0813. The Balaban J connectivity index is 2.64. The van der Waals surface area contributed by atoms with Gasteiger partial charge >= 0.3 is 6.18 Å². The second-order valence-corrected chi connectivity index (χ2v) is 2.92. The van der Waals surface area contributed by atoms with Crippen molar-refractivity contribution in [2.45, 2.75) is 6.18 Å². The number of nitrogens with two attached hydrogens (primary N) is 1. The van der Waals surface area contributed by atoms with E-state index < -0.39 is 11.9 Å². The van der Waals surface area contributed by atoms with Gasteiger partial charge in [-0.25, -0.2) is 20.8 Å². The van der Waals surface area contributed by atoms with Crippen molar-refractivity contribution in [1.82, 2.24) is 15.0 Å². The molecular weight excluding hydrogens is 223 g/mol. The Morgan fingerprint density at radius 2 is 2.00 bits per heavy atom. The highest BCUT2D eigenvalue weighted by Crippen LogP contribution is 2.28. The van der Waals surface area contributed by atoms with Crippen LogP contribution in [-0.4, -0.2) is 15.0 Å². The lowest BCUT2D eigenvalue weighted by molar-refractivity contribution is -0.141. The molecule has 16 heavy (non-hydrogen) atoms. The lowest BCUT2D eigenvalue weighted by Crippen LogP contribution is -2.12. The third kappa shape index (κ3) is 1.74. The van der Waals surface area contributed by atoms with E-state index in [-0.39, 0.29) is 16.9 Å². The molecule has 0 fully saturated rings. The van der Waals surface area contributed by atoms with Crippen LogP contribution in [0.25, 0.3) is 11.0 Å². The van der Waals surface area contributed by atoms with Crippen LogP contribution in [0.5, 0.6) is 0 Å². The van der Waals surface area contributed by atoms with E-state index in [0.29, 0.717) is 6.20 Å². The highest BCUT2D eigenvalue weighted by molar-refractivity contribution is 5.84. The Morgan fingerprint density at radius 1 is 1.25 bits per heavy atom. The topological polar surface area (TPSA) is 76.7 Å². The SMILES string of the molecule is NNc1nccc2nc(C(F)(F)F)cnc12. The normalized spacial score (nSPS) is 11.8. The zero-order valence-electron chi connectivity index (χ0n) is 7.78. The van der Waals surface area contributed by atoms with E-state index in [9.17, 15) is 13.2 Å². The maximum atomic E-state index is 12.3. The van der Waals surface area contributed by atoms with Gasteiger partial charge in [0.05, 0.1) is 11.7 Å². The van der Waals surface area contributed by atoms with Crippen LogP contribution >= 0.6 is 0 Å². The van der Waals surface area contributed by atoms with Crippen LogP contribution in [0.4, 0.5) is 19.0 Å². The maximum absolute atomic E-state index is 12.3. The summed E-state index contributed by atoms with van der Waals surface area (Å²) in [6.45, 7) is 0. The van der Waals surface area contributed by atoms with Gasteiger partial charge in [-0.1, -0.05) is 0 Å². The van der Waals surface area contributed by atoms with Gasteiger partial charge < -0.3 is 5.43 Å². The summed E-state index contributed by atoms with van der Waals surface area (Å²) in [6, 6.07) is 1.33. The average molecular weight is 229 g/mol. The fourth-order valence-corrected chi connectivity index (χ4v) is 1.19. The van der Waals surface area contributed by atoms with Crippen LogP contribution in [-0.2, 0) is 6.18 Å². The van der Waals surface area contributed by atoms with E-state index in [1.54, 1.807) is 0 Å². The number of halogens is 3. The van der Waals surface area contributed by atoms with Crippen LogP contribution in [0.3, 0.4) is 0 Å². The van der Waals surface area contributed by atoms with E-state index in [2.05, 4.69) is 20.4 Å². The minimum atomic E-state index is -4.51. The smallest absolute Gasteiger partial charge is 0.307 e. The van der Waals surface area contributed by atoms with Crippen molar-refractivity contribution in [1.29, 1.82) is 0 Å². The predicted octanol–water partition coefficient (Wildman–Crippen LogP) is 1.33. The number of rotatable bonds is 1. The molecule has 0 atom stereocenters. The molecule has 0 saturated carbocycles. The average Bonchev–Trinajstić information content (AvgIpc) is 2.26. The molecule has 3 N–H and O–H groups in total. The molecule has 0 amide bonds. The summed E-state index contributed by atoms with van der Waals surface area (Å²) in [4.78, 5) is 10.9. The van der Waals surface area contributed by atoms with E-state index in [1.165, 1.54) is 12.3 Å². The summed E-state index contributed by atoms with van der Waals surface area (Å²) in [6.07, 6.45) is -2.57. The number of nitrogen functional groups attached to an aromatic ring is 1. The molecule has 2 aromatic heterocycles. The van der Waals surface area contributed by atoms with Crippen LogP contribution < -0.4 is 11.3 Å². The molecule has 2 heterocycles. The van der Waals surface area contributed by atoms with Gasteiger partial charge in [0.2, 0.25) is 0 Å². The van der Waals surface area contributed by atoms with Gasteiger partial charge in [0.25, 0.3) is 0 Å². The van der Waals surface area contributed by atoms with Crippen molar-refractivity contribution in [2.24, 2.45) is 5.84 Å². The van der Waals surface area contributed by atoms with Crippen molar-refractivity contribution in [2.75, 3.05) is 5.43 Å². The molecular formula is C8H6F3N5. The predicted molar refractivity (Wildman–Crippen MR) is 50.1 cm³/mol. The lowest BCUT2D eigenvalue weighted by Gasteiger charge is -2.07. The molecule has 0 aliphatic carbocycles. The van der Waals surface area contributed by atoms with Crippen LogP contribution in [0, 0.1) is 0 Å². The first-order chi connectivity index (χ1) is 7.52. The molecule has 8 heteroatoms. The number of aromatic nitrogens is 3. The standard InChI is InChI=1S/C8H6F3N5/c9-8(10,11)5-3-14-6-4(15-5)1-2-13-7(6)16-12/h1-3H,12H2,(H,13,16). The summed E-state index contributed by atoms with van der Waals surface area (Å²) in [7, 11) is 0. The Hall–Kier alpha value is -1.96. The number of fused-ring (bicyclic) bond motifs is 1. The highest BCUT2D eigenvalue weighted by atomic mass is 19.4. The number of alkyl halides is 3. The van der Waals surface area contributed by atoms with Crippen molar-refractivity contribution in [3.8, 4) is 0 Å². The molecule has 2 aromatic rings. The Morgan fingerprint density at radius 3 is 2.62 bits per heavy atom. The van der Waals surface area contributed by atoms with Gasteiger partial charge in [-0.15, -0.1) is 0 Å². The molecule has 0 aliphatic heterocycles. The van der Waals surface area contributed by atoms with Gasteiger partial charge in [-0.3, -0.25) is 0 Å². The molecule has 0 aliphatic rings. The monoisotopic (exact) mass is 229 g/mol. The van der Waals surface area contributed by atoms with Crippen LogP contribution in [0.2, 0.25) is 0 Å². The van der Waals surface area contributed by atoms with Gasteiger partial charge in [0, 0.05) is 6.20 Å². The molecule has 0 saturated heterocycles. The van der Waals surface area contributed by atoms with Gasteiger partial charge in [0.1, 0.15) is 5.52 Å². The van der Waals surface area contributed by atoms with Crippen molar-refractivity contribution in [3.63, 3.8) is 0 Å². The van der Waals surface area contributed by atoms with E-state index >= 15 is 0 Å². The fourth-order valence-electron chi connectivity index (χ4n) is 1.19. The molecule has 5 nitrogen and oxygen atoms in total. The second-order valence-electron chi connectivity index (χ2n) is 2.92.